The molecular formula is C8H9NO. The van der Waals surface area contributed by atoms with Crippen molar-refractivity contribution in [2.75, 3.05) is 0 Å². The second-order valence-electron chi connectivity index (χ2n) is 1.95. The highest BCUT2D eigenvalue weighted by Crippen LogP contribution is 1.96. The van der Waals surface area contributed by atoms with Crippen LogP contribution in [-0.2, 0) is 6.42 Å². The molecule has 0 saturated carbocycles. The lowest BCUT2D eigenvalue weighted by molar-refractivity contribution is 0.471. The molecule has 0 amide bonds. The lowest BCUT2D eigenvalue weighted by Gasteiger charge is -1.90. The molecule has 0 fully saturated rings. The van der Waals surface area contributed by atoms with Crippen molar-refractivity contribution in [1.82, 2.24) is 4.98 Å². The van der Waals surface area contributed by atoms with Crippen LogP contribution in [0.15, 0.2) is 36.9 Å². The van der Waals surface area contributed by atoms with Crippen LogP contribution in [-0.4, -0.2) is 10.1 Å². The van der Waals surface area contributed by atoms with Gasteiger partial charge >= 0.3 is 0 Å². The Morgan fingerprint density at radius 1 is 1.60 bits per heavy atom. The van der Waals surface area contributed by atoms with Crippen molar-refractivity contribution in [3.63, 3.8) is 0 Å². The summed E-state index contributed by atoms with van der Waals surface area (Å²) >= 11 is 0. The van der Waals surface area contributed by atoms with E-state index in [1.54, 1.807) is 18.5 Å². The standard InChI is InChI=1S/C8H9NO/c10-6-2-4-8-3-1-5-9-7-8/h1-3,5-7,10H,4H2. The van der Waals surface area contributed by atoms with Crippen LogP contribution in [0.4, 0.5) is 0 Å². The Morgan fingerprint density at radius 3 is 3.10 bits per heavy atom. The predicted octanol–water partition coefficient (Wildman–Crippen LogP) is 1.70. The van der Waals surface area contributed by atoms with Gasteiger partial charge < -0.3 is 5.11 Å². The minimum atomic E-state index is 0.740. The molecule has 0 atom stereocenters. The Balaban J connectivity index is 2.59. The molecule has 0 radical (unpaired) electrons. The van der Waals surface area contributed by atoms with Crippen molar-refractivity contribution in [3.05, 3.63) is 42.4 Å². The molecule has 10 heavy (non-hydrogen) atoms. The van der Waals surface area contributed by atoms with Crippen LogP contribution in [0.5, 0.6) is 0 Å². The number of aliphatic hydroxyl groups excluding tert-OH is 1. The van der Waals surface area contributed by atoms with Crippen LogP contribution in [0.3, 0.4) is 0 Å². The fourth-order valence-electron chi connectivity index (χ4n) is 0.708. The monoisotopic (exact) mass is 135 g/mol. The Hall–Kier alpha value is -1.31. The van der Waals surface area contributed by atoms with Crippen LogP contribution in [0.1, 0.15) is 5.56 Å². The molecule has 1 heterocycles. The summed E-state index contributed by atoms with van der Waals surface area (Å²) in [6, 6.07) is 3.84. The lowest BCUT2D eigenvalue weighted by atomic mass is 10.2. The number of nitrogens with zero attached hydrogens (tertiary/aromatic N) is 1. The summed E-state index contributed by atoms with van der Waals surface area (Å²) in [4.78, 5) is 3.92. The van der Waals surface area contributed by atoms with Crippen molar-refractivity contribution in [3.8, 4) is 0 Å². The van der Waals surface area contributed by atoms with Gasteiger partial charge in [0.05, 0.1) is 6.26 Å². The van der Waals surface area contributed by atoms with Gasteiger partial charge in [-0.25, -0.2) is 0 Å². The molecule has 2 nitrogen and oxygen atoms in total. The lowest BCUT2D eigenvalue weighted by Crippen LogP contribution is -1.80. The van der Waals surface area contributed by atoms with Gasteiger partial charge in [-0.15, -0.1) is 0 Å². The molecule has 0 bridgehead atoms. The van der Waals surface area contributed by atoms with Gasteiger partial charge in [0.25, 0.3) is 0 Å². The Bertz CT molecular complexity index is 206. The van der Waals surface area contributed by atoms with Crippen molar-refractivity contribution in [2.45, 2.75) is 6.42 Å². The predicted molar refractivity (Wildman–Crippen MR) is 39.7 cm³/mol. The topological polar surface area (TPSA) is 33.1 Å². The fraction of sp³-hybridized carbons (Fsp3) is 0.125. The third kappa shape index (κ3) is 1.90. The Kier molecular flexibility index (Phi) is 2.49. The van der Waals surface area contributed by atoms with E-state index in [2.05, 4.69) is 4.98 Å². The van der Waals surface area contributed by atoms with Crippen molar-refractivity contribution < 1.29 is 5.11 Å². The maximum Gasteiger partial charge on any atom is 0.0755 e. The highest BCUT2D eigenvalue weighted by atomic mass is 16.2. The molecule has 2 heteroatoms. The maximum atomic E-state index is 8.33. The smallest absolute Gasteiger partial charge is 0.0755 e. The van der Waals surface area contributed by atoms with Crippen LogP contribution < -0.4 is 0 Å². The zero-order valence-electron chi connectivity index (χ0n) is 5.57. The third-order valence-electron chi connectivity index (χ3n) is 1.18. The summed E-state index contributed by atoms with van der Waals surface area (Å²) in [5.74, 6) is 0. The normalized spacial score (nSPS) is 10.4. The maximum absolute atomic E-state index is 8.33. The summed E-state index contributed by atoms with van der Waals surface area (Å²) < 4.78 is 0. The molecule has 1 aromatic rings. The molecule has 0 unspecified atom stereocenters. The van der Waals surface area contributed by atoms with Gasteiger partial charge in [-0.2, -0.15) is 0 Å². The molecule has 0 spiro atoms. The highest BCUT2D eigenvalue weighted by Gasteiger charge is 1.84. The first-order valence-corrected chi connectivity index (χ1v) is 3.11. The van der Waals surface area contributed by atoms with Crippen LogP contribution in [0.2, 0.25) is 0 Å². The first-order chi connectivity index (χ1) is 4.93. The number of hydrogen-bond donors (Lipinski definition) is 1. The summed E-state index contributed by atoms with van der Waals surface area (Å²) in [6.45, 7) is 0. The number of allylic oxidation sites excluding steroid dienone is 1. The SMILES string of the molecule is OC=CCc1cccnc1. The zero-order chi connectivity index (χ0) is 7.23. The van der Waals surface area contributed by atoms with Crippen LogP contribution in [0, 0.1) is 0 Å². The first kappa shape index (κ1) is 6.81. The van der Waals surface area contributed by atoms with Crippen molar-refractivity contribution in [1.29, 1.82) is 0 Å². The number of pyridine rings is 1. The summed E-state index contributed by atoms with van der Waals surface area (Å²) in [7, 11) is 0. The molecule has 1 aromatic heterocycles. The highest BCUT2D eigenvalue weighted by molar-refractivity contribution is 5.11. The van der Waals surface area contributed by atoms with E-state index in [-0.39, 0.29) is 0 Å². The second-order valence-corrected chi connectivity index (χ2v) is 1.95. The van der Waals surface area contributed by atoms with Crippen molar-refractivity contribution in [2.24, 2.45) is 0 Å². The number of aromatic nitrogens is 1. The molecule has 1 rings (SSSR count). The van der Waals surface area contributed by atoms with Gasteiger partial charge in [0, 0.05) is 12.4 Å². The van der Waals surface area contributed by atoms with E-state index < -0.39 is 0 Å². The van der Waals surface area contributed by atoms with Crippen LogP contribution in [0.25, 0.3) is 0 Å². The van der Waals surface area contributed by atoms with Crippen LogP contribution >= 0.6 is 0 Å². The van der Waals surface area contributed by atoms with E-state index >= 15 is 0 Å². The molecule has 0 saturated heterocycles. The average Bonchev–Trinajstić information content (AvgIpc) is 2.03. The summed E-state index contributed by atoms with van der Waals surface area (Å²) in [5, 5.41) is 8.33. The number of rotatable bonds is 2. The van der Waals surface area contributed by atoms with E-state index in [1.165, 1.54) is 0 Å². The van der Waals surface area contributed by atoms with Gasteiger partial charge in [-0.1, -0.05) is 6.07 Å². The Morgan fingerprint density at radius 2 is 2.50 bits per heavy atom. The summed E-state index contributed by atoms with van der Waals surface area (Å²) in [6.07, 6.45) is 6.97. The third-order valence-corrected chi connectivity index (χ3v) is 1.18. The van der Waals surface area contributed by atoms with E-state index in [9.17, 15) is 0 Å². The quantitative estimate of drug-likeness (QED) is 0.626. The van der Waals surface area contributed by atoms with Gasteiger partial charge in [0.15, 0.2) is 0 Å². The minimum absolute atomic E-state index is 0.740. The molecule has 52 valence electrons. The van der Waals surface area contributed by atoms with Gasteiger partial charge in [-0.3, -0.25) is 4.98 Å². The van der Waals surface area contributed by atoms with E-state index in [1.807, 2.05) is 12.1 Å². The van der Waals surface area contributed by atoms with Crippen molar-refractivity contribution >= 4 is 0 Å². The molecule has 1 N–H and O–H groups in total. The number of hydrogen-bond acceptors (Lipinski definition) is 2. The first-order valence-electron chi connectivity index (χ1n) is 3.11. The molecule has 0 aliphatic rings. The van der Waals surface area contributed by atoms with E-state index in [4.69, 9.17) is 5.11 Å². The van der Waals surface area contributed by atoms with Gasteiger partial charge in [-0.05, 0) is 24.1 Å². The van der Waals surface area contributed by atoms with E-state index in [0.717, 1.165) is 18.2 Å². The van der Waals surface area contributed by atoms with Gasteiger partial charge in [0.1, 0.15) is 0 Å². The Labute approximate surface area is 59.9 Å². The van der Waals surface area contributed by atoms with Gasteiger partial charge in [0.2, 0.25) is 0 Å². The largest absolute Gasteiger partial charge is 0.516 e. The zero-order valence-corrected chi connectivity index (χ0v) is 5.57. The molecule has 0 aromatic carbocycles. The molecule has 0 aliphatic heterocycles. The number of aliphatic hydroxyl groups is 1. The minimum Gasteiger partial charge on any atom is -0.516 e. The molecular weight excluding hydrogens is 126 g/mol. The second kappa shape index (κ2) is 3.67. The summed E-state index contributed by atoms with van der Waals surface area (Å²) in [5.41, 5.74) is 1.10. The fourth-order valence-corrected chi connectivity index (χ4v) is 0.708. The average molecular weight is 135 g/mol. The molecule has 0 aliphatic carbocycles. The van der Waals surface area contributed by atoms with E-state index in [0.29, 0.717) is 0 Å².